The first kappa shape index (κ1) is 14.4. The second-order valence-electron chi connectivity index (χ2n) is 4.88. The molecule has 0 aliphatic heterocycles. The van der Waals surface area contributed by atoms with Crippen molar-refractivity contribution in [2.24, 2.45) is 0 Å². The fourth-order valence-corrected chi connectivity index (χ4v) is 2.19. The molecule has 0 radical (unpaired) electrons. The second kappa shape index (κ2) is 7.59. The Bertz CT molecular complexity index is 602. The summed E-state index contributed by atoms with van der Waals surface area (Å²) in [6, 6.07) is 8.22. The van der Waals surface area contributed by atoms with Crippen LogP contribution in [-0.4, -0.2) is 11.2 Å². The van der Waals surface area contributed by atoms with Crippen molar-refractivity contribution in [2.75, 3.05) is 0 Å². The van der Waals surface area contributed by atoms with E-state index in [1.54, 1.807) is 0 Å². The average Bonchev–Trinajstić information content (AvgIpc) is 2.48. The molecule has 1 aliphatic rings. The monoisotopic (exact) mass is 264 g/mol. The zero-order valence-electron chi connectivity index (χ0n) is 11.9. The topological polar surface area (TPSA) is 20.2 Å². The molecular weight excluding hydrogens is 244 g/mol. The zero-order chi connectivity index (χ0) is 14.2. The molecule has 1 N–H and O–H groups in total. The van der Waals surface area contributed by atoms with Crippen molar-refractivity contribution in [1.29, 1.82) is 0 Å². The molecule has 1 aliphatic carbocycles. The molecular formula is C19H20O. The Balaban J connectivity index is 2.36. The predicted octanol–water partition coefficient (Wildman–Crippen LogP) is 3.57. The van der Waals surface area contributed by atoms with Gasteiger partial charge in [-0.25, -0.2) is 0 Å². The molecule has 102 valence electrons. The van der Waals surface area contributed by atoms with E-state index in [0.717, 1.165) is 37.7 Å². The van der Waals surface area contributed by atoms with Crippen molar-refractivity contribution in [3.05, 3.63) is 41.0 Å². The van der Waals surface area contributed by atoms with E-state index in [2.05, 4.69) is 42.7 Å². The maximum atomic E-state index is 10.2. The van der Waals surface area contributed by atoms with Gasteiger partial charge in [0, 0.05) is 18.4 Å². The summed E-state index contributed by atoms with van der Waals surface area (Å²) in [4.78, 5) is 0. The number of hydrogen-bond donors (Lipinski definition) is 1. The Kier molecular flexibility index (Phi) is 5.48. The van der Waals surface area contributed by atoms with E-state index >= 15 is 0 Å². The van der Waals surface area contributed by atoms with E-state index in [9.17, 15) is 5.11 Å². The number of hydrogen-bond acceptors (Lipinski definition) is 1. The van der Waals surface area contributed by atoms with Crippen LogP contribution in [0.15, 0.2) is 29.8 Å². The Morgan fingerprint density at radius 1 is 1.20 bits per heavy atom. The largest absolute Gasteiger partial charge is 0.375 e. The van der Waals surface area contributed by atoms with Crippen LogP contribution in [0.1, 0.15) is 43.7 Å². The van der Waals surface area contributed by atoms with Gasteiger partial charge in [-0.05, 0) is 36.5 Å². The summed E-state index contributed by atoms with van der Waals surface area (Å²) in [7, 11) is 0. The van der Waals surface area contributed by atoms with Crippen LogP contribution in [0, 0.1) is 23.7 Å². The molecule has 0 fully saturated rings. The molecule has 1 aromatic rings. The van der Waals surface area contributed by atoms with Gasteiger partial charge in [-0.2, -0.15) is 0 Å². The van der Waals surface area contributed by atoms with Crippen LogP contribution in [0.3, 0.4) is 0 Å². The first-order chi connectivity index (χ1) is 9.81. The lowest BCUT2D eigenvalue weighted by atomic mass is 10.00. The van der Waals surface area contributed by atoms with Crippen molar-refractivity contribution in [2.45, 2.75) is 45.1 Å². The summed E-state index contributed by atoms with van der Waals surface area (Å²) in [5.41, 5.74) is 3.09. The Hall–Kier alpha value is -1.96. The minimum Gasteiger partial charge on any atom is -0.375 e. The van der Waals surface area contributed by atoms with E-state index in [4.69, 9.17) is 0 Å². The van der Waals surface area contributed by atoms with Gasteiger partial charge in [0.1, 0.15) is 6.10 Å². The number of aryl methyl sites for hydroxylation is 1. The van der Waals surface area contributed by atoms with Crippen LogP contribution < -0.4 is 0 Å². The molecule has 0 aromatic heterocycles. The fourth-order valence-electron chi connectivity index (χ4n) is 2.19. The molecule has 0 saturated carbocycles. The van der Waals surface area contributed by atoms with Crippen molar-refractivity contribution in [1.82, 2.24) is 0 Å². The van der Waals surface area contributed by atoms with E-state index in [1.165, 1.54) is 5.56 Å². The van der Waals surface area contributed by atoms with Crippen molar-refractivity contribution in [3.63, 3.8) is 0 Å². The highest BCUT2D eigenvalue weighted by Crippen LogP contribution is 2.16. The van der Waals surface area contributed by atoms with E-state index in [-0.39, 0.29) is 0 Å². The van der Waals surface area contributed by atoms with Gasteiger partial charge in [-0.3, -0.25) is 0 Å². The molecule has 0 amide bonds. The van der Waals surface area contributed by atoms with Gasteiger partial charge in [-0.15, -0.1) is 5.92 Å². The third kappa shape index (κ3) is 4.02. The number of aliphatic hydroxyl groups excluding tert-OH is 1. The van der Waals surface area contributed by atoms with Crippen molar-refractivity contribution in [3.8, 4) is 23.7 Å². The smallest absolute Gasteiger partial charge is 0.147 e. The summed E-state index contributed by atoms with van der Waals surface area (Å²) in [5, 5.41) is 10.2. The minimum absolute atomic E-state index is 0.709. The van der Waals surface area contributed by atoms with Gasteiger partial charge in [0.25, 0.3) is 0 Å². The second-order valence-corrected chi connectivity index (χ2v) is 4.88. The van der Waals surface area contributed by atoms with Gasteiger partial charge in [0.2, 0.25) is 0 Å². The molecule has 1 nitrogen and oxygen atoms in total. The summed E-state index contributed by atoms with van der Waals surface area (Å²) in [5.74, 6) is 12.2. The molecule has 1 heteroatoms. The molecule has 1 unspecified atom stereocenters. The van der Waals surface area contributed by atoms with E-state index in [0.29, 0.717) is 5.57 Å². The lowest BCUT2D eigenvalue weighted by molar-refractivity contribution is 0.274. The van der Waals surface area contributed by atoms with Crippen LogP contribution in [0.4, 0.5) is 0 Å². The van der Waals surface area contributed by atoms with E-state index in [1.807, 2.05) is 18.2 Å². The molecule has 1 atom stereocenters. The molecule has 0 spiro atoms. The molecule has 1 aromatic carbocycles. The Morgan fingerprint density at radius 2 is 1.95 bits per heavy atom. The highest BCUT2D eigenvalue weighted by Gasteiger charge is 2.07. The molecule has 0 heterocycles. The maximum Gasteiger partial charge on any atom is 0.147 e. The highest BCUT2D eigenvalue weighted by molar-refractivity contribution is 5.63. The lowest BCUT2D eigenvalue weighted by Crippen LogP contribution is -2.06. The van der Waals surface area contributed by atoms with Crippen molar-refractivity contribution >= 4 is 6.08 Å². The number of rotatable bonds is 2. The molecule has 0 bridgehead atoms. The normalized spacial score (nSPS) is 20.5. The van der Waals surface area contributed by atoms with Crippen LogP contribution in [0.2, 0.25) is 0 Å². The first-order valence-corrected chi connectivity index (χ1v) is 7.26. The summed E-state index contributed by atoms with van der Waals surface area (Å²) < 4.78 is 0. The third-order valence-corrected chi connectivity index (χ3v) is 3.37. The highest BCUT2D eigenvalue weighted by atomic mass is 16.3. The van der Waals surface area contributed by atoms with Crippen LogP contribution in [0.5, 0.6) is 0 Å². The van der Waals surface area contributed by atoms with Crippen LogP contribution in [0.25, 0.3) is 6.08 Å². The van der Waals surface area contributed by atoms with Crippen LogP contribution in [-0.2, 0) is 6.42 Å². The number of benzene rings is 1. The van der Waals surface area contributed by atoms with E-state index < -0.39 is 6.10 Å². The number of aliphatic hydroxyl groups is 1. The van der Waals surface area contributed by atoms with Crippen molar-refractivity contribution < 1.29 is 5.11 Å². The molecule has 20 heavy (non-hydrogen) atoms. The predicted molar refractivity (Wildman–Crippen MR) is 83.8 cm³/mol. The zero-order valence-corrected chi connectivity index (χ0v) is 11.9. The fraction of sp³-hybridized carbons (Fsp3) is 0.368. The Labute approximate surface area is 121 Å². The molecule has 0 saturated heterocycles. The van der Waals surface area contributed by atoms with Gasteiger partial charge in [0.15, 0.2) is 0 Å². The van der Waals surface area contributed by atoms with Gasteiger partial charge in [0.05, 0.1) is 0 Å². The first-order valence-electron chi connectivity index (χ1n) is 7.26. The SMILES string of the molecule is CCc1ccccc1/C=C1\C#CCCCCC#CC1O. The quantitative estimate of drug-likeness (QED) is 0.810. The van der Waals surface area contributed by atoms with Gasteiger partial charge >= 0.3 is 0 Å². The standard InChI is InChI=1S/C19H20O/c1-2-16-11-9-10-12-17(16)15-18-13-7-5-3-4-6-8-14-19(18)20/h9-12,15,19-20H,2-6H2,1H3/b18-15+. The van der Waals surface area contributed by atoms with Gasteiger partial charge in [-0.1, -0.05) is 49.0 Å². The summed E-state index contributed by atoms with van der Waals surface area (Å²) in [6.07, 6.45) is 6.04. The lowest BCUT2D eigenvalue weighted by Gasteiger charge is -2.07. The summed E-state index contributed by atoms with van der Waals surface area (Å²) in [6.45, 7) is 2.13. The maximum absolute atomic E-state index is 10.2. The third-order valence-electron chi connectivity index (χ3n) is 3.37. The summed E-state index contributed by atoms with van der Waals surface area (Å²) >= 11 is 0. The molecule has 2 rings (SSSR count). The van der Waals surface area contributed by atoms with Crippen LogP contribution >= 0.6 is 0 Å². The average molecular weight is 264 g/mol. The minimum atomic E-state index is -0.773. The Morgan fingerprint density at radius 3 is 2.75 bits per heavy atom. The van der Waals surface area contributed by atoms with Gasteiger partial charge < -0.3 is 5.11 Å².